The molecule has 0 bridgehead atoms. The standard InChI is InChI=1S/C25H30N2O4/c1-17(31-20-13-12-18-7-2-3-8-19(18)15-20)24(28)27-23-11-5-4-10-22(23)25(29)26-16-21-9-6-14-30-21/h4-5,10-13,15,17,21H,2-3,6-9,14,16H2,1H3,(H,26,29)(H,27,28)/t17-,21+/m1/s1. The second-order valence-electron chi connectivity index (χ2n) is 8.28. The van der Waals surface area contributed by atoms with E-state index in [1.807, 2.05) is 12.1 Å². The molecule has 6 nitrogen and oxygen atoms in total. The average molecular weight is 423 g/mol. The number of carbonyl (C=O) groups is 2. The third kappa shape index (κ3) is 5.44. The van der Waals surface area contributed by atoms with E-state index >= 15 is 0 Å². The molecular weight excluding hydrogens is 392 g/mol. The minimum Gasteiger partial charge on any atom is -0.481 e. The van der Waals surface area contributed by atoms with Gasteiger partial charge in [-0.2, -0.15) is 0 Å². The van der Waals surface area contributed by atoms with E-state index in [-0.39, 0.29) is 17.9 Å². The lowest BCUT2D eigenvalue weighted by Gasteiger charge is -2.19. The number of fused-ring (bicyclic) bond motifs is 1. The van der Waals surface area contributed by atoms with Crippen molar-refractivity contribution >= 4 is 17.5 Å². The number of hydrogen-bond acceptors (Lipinski definition) is 4. The molecule has 0 saturated carbocycles. The fourth-order valence-electron chi connectivity index (χ4n) is 4.17. The number of aryl methyl sites for hydroxylation is 2. The summed E-state index contributed by atoms with van der Waals surface area (Å²) in [6, 6.07) is 13.1. The maximum Gasteiger partial charge on any atom is 0.265 e. The molecule has 2 aliphatic rings. The van der Waals surface area contributed by atoms with Crippen molar-refractivity contribution in [1.82, 2.24) is 5.32 Å². The van der Waals surface area contributed by atoms with E-state index in [1.54, 1.807) is 31.2 Å². The predicted octanol–water partition coefficient (Wildman–Crippen LogP) is 3.88. The molecule has 164 valence electrons. The summed E-state index contributed by atoms with van der Waals surface area (Å²) in [5, 5.41) is 5.75. The van der Waals surface area contributed by atoms with Gasteiger partial charge >= 0.3 is 0 Å². The molecule has 1 fully saturated rings. The van der Waals surface area contributed by atoms with Gasteiger partial charge in [0, 0.05) is 13.2 Å². The molecule has 0 spiro atoms. The number of benzene rings is 2. The number of nitrogens with one attached hydrogen (secondary N) is 2. The fourth-order valence-corrected chi connectivity index (χ4v) is 4.17. The first-order valence-electron chi connectivity index (χ1n) is 11.2. The highest BCUT2D eigenvalue weighted by molar-refractivity contribution is 6.04. The lowest BCUT2D eigenvalue weighted by Crippen LogP contribution is -2.34. The molecule has 6 heteroatoms. The number of anilines is 1. The molecule has 2 aromatic carbocycles. The zero-order chi connectivity index (χ0) is 21.6. The Morgan fingerprint density at radius 2 is 1.90 bits per heavy atom. The lowest BCUT2D eigenvalue weighted by atomic mass is 9.92. The number of carbonyl (C=O) groups excluding carboxylic acids is 2. The summed E-state index contributed by atoms with van der Waals surface area (Å²) in [7, 11) is 0. The number of ether oxygens (including phenoxy) is 2. The topological polar surface area (TPSA) is 76.7 Å². The largest absolute Gasteiger partial charge is 0.481 e. The van der Waals surface area contributed by atoms with Crippen molar-refractivity contribution in [3.05, 3.63) is 59.2 Å². The number of para-hydroxylation sites is 1. The molecular formula is C25H30N2O4. The zero-order valence-electron chi connectivity index (χ0n) is 18.0. The summed E-state index contributed by atoms with van der Waals surface area (Å²) in [5.41, 5.74) is 3.58. The van der Waals surface area contributed by atoms with Gasteiger partial charge in [0.15, 0.2) is 6.10 Å². The Hall–Kier alpha value is -2.86. The van der Waals surface area contributed by atoms with Crippen LogP contribution in [0.15, 0.2) is 42.5 Å². The second-order valence-corrected chi connectivity index (χ2v) is 8.28. The smallest absolute Gasteiger partial charge is 0.265 e. The Labute approximate surface area is 183 Å². The minimum absolute atomic E-state index is 0.0655. The molecule has 0 aromatic heterocycles. The van der Waals surface area contributed by atoms with E-state index < -0.39 is 6.10 Å². The molecule has 2 amide bonds. The van der Waals surface area contributed by atoms with Gasteiger partial charge in [-0.1, -0.05) is 18.2 Å². The quantitative estimate of drug-likeness (QED) is 0.710. The SMILES string of the molecule is C[C@@H](Oc1ccc2c(c1)CCCC2)C(=O)Nc1ccccc1C(=O)NC[C@@H]1CCCO1. The first kappa shape index (κ1) is 21.4. The first-order chi connectivity index (χ1) is 15.1. The van der Waals surface area contributed by atoms with Gasteiger partial charge in [0.05, 0.1) is 17.4 Å². The summed E-state index contributed by atoms with van der Waals surface area (Å²) < 4.78 is 11.5. The molecule has 0 radical (unpaired) electrons. The van der Waals surface area contributed by atoms with Crippen molar-refractivity contribution in [2.24, 2.45) is 0 Å². The highest BCUT2D eigenvalue weighted by atomic mass is 16.5. The van der Waals surface area contributed by atoms with E-state index in [0.29, 0.717) is 23.5 Å². The summed E-state index contributed by atoms with van der Waals surface area (Å²) in [6.07, 6.45) is 5.94. The molecule has 2 aromatic rings. The number of rotatable bonds is 7. The Morgan fingerprint density at radius 1 is 1.10 bits per heavy atom. The van der Waals surface area contributed by atoms with Crippen molar-refractivity contribution < 1.29 is 19.1 Å². The van der Waals surface area contributed by atoms with Gasteiger partial charge in [0.1, 0.15) is 5.75 Å². The molecule has 0 unspecified atom stereocenters. The summed E-state index contributed by atoms with van der Waals surface area (Å²) in [6.45, 7) is 2.93. The van der Waals surface area contributed by atoms with E-state index in [0.717, 1.165) is 32.3 Å². The van der Waals surface area contributed by atoms with Crippen molar-refractivity contribution in [1.29, 1.82) is 0 Å². The van der Waals surface area contributed by atoms with Gasteiger partial charge in [-0.05, 0) is 80.8 Å². The summed E-state index contributed by atoms with van der Waals surface area (Å²) in [5.74, 6) is 0.178. The summed E-state index contributed by atoms with van der Waals surface area (Å²) >= 11 is 0. The van der Waals surface area contributed by atoms with Crippen LogP contribution in [0.25, 0.3) is 0 Å². The van der Waals surface area contributed by atoms with Gasteiger partial charge in [0.25, 0.3) is 11.8 Å². The second kappa shape index (κ2) is 9.96. The fraction of sp³-hybridized carbons (Fsp3) is 0.440. The number of hydrogen-bond donors (Lipinski definition) is 2. The van der Waals surface area contributed by atoms with Crippen molar-refractivity contribution in [2.75, 3.05) is 18.5 Å². The maximum atomic E-state index is 12.8. The Balaban J connectivity index is 1.37. The van der Waals surface area contributed by atoms with Gasteiger partial charge in [-0.15, -0.1) is 0 Å². The van der Waals surface area contributed by atoms with Gasteiger partial charge < -0.3 is 20.1 Å². The van der Waals surface area contributed by atoms with Crippen LogP contribution in [-0.2, 0) is 22.4 Å². The van der Waals surface area contributed by atoms with Crippen LogP contribution >= 0.6 is 0 Å². The highest BCUT2D eigenvalue weighted by Crippen LogP contribution is 2.26. The van der Waals surface area contributed by atoms with Crippen molar-refractivity contribution in [3.63, 3.8) is 0 Å². The third-order valence-corrected chi connectivity index (χ3v) is 5.95. The molecule has 1 heterocycles. The Morgan fingerprint density at radius 3 is 2.71 bits per heavy atom. The Bertz CT molecular complexity index is 937. The zero-order valence-corrected chi connectivity index (χ0v) is 18.0. The summed E-state index contributed by atoms with van der Waals surface area (Å²) in [4.78, 5) is 25.4. The molecule has 2 N–H and O–H groups in total. The van der Waals surface area contributed by atoms with Crippen LogP contribution in [0.3, 0.4) is 0 Å². The van der Waals surface area contributed by atoms with Crippen LogP contribution in [0.5, 0.6) is 5.75 Å². The van der Waals surface area contributed by atoms with Gasteiger partial charge in [-0.25, -0.2) is 0 Å². The van der Waals surface area contributed by atoms with E-state index in [4.69, 9.17) is 9.47 Å². The van der Waals surface area contributed by atoms with Gasteiger partial charge in [0.2, 0.25) is 0 Å². The van der Waals surface area contributed by atoms with E-state index in [1.165, 1.54) is 24.0 Å². The predicted molar refractivity (Wildman–Crippen MR) is 120 cm³/mol. The minimum atomic E-state index is -0.690. The average Bonchev–Trinajstić information content (AvgIpc) is 3.31. The third-order valence-electron chi connectivity index (χ3n) is 5.95. The maximum absolute atomic E-state index is 12.8. The van der Waals surface area contributed by atoms with Crippen LogP contribution in [0.4, 0.5) is 5.69 Å². The molecule has 2 atom stereocenters. The van der Waals surface area contributed by atoms with Crippen LogP contribution < -0.4 is 15.4 Å². The monoisotopic (exact) mass is 422 g/mol. The van der Waals surface area contributed by atoms with E-state index in [2.05, 4.69) is 16.7 Å². The van der Waals surface area contributed by atoms with Crippen LogP contribution in [-0.4, -0.2) is 37.2 Å². The highest BCUT2D eigenvalue weighted by Gasteiger charge is 2.21. The Kier molecular flexibility index (Phi) is 6.87. The number of amides is 2. The van der Waals surface area contributed by atoms with Gasteiger partial charge in [-0.3, -0.25) is 9.59 Å². The van der Waals surface area contributed by atoms with Crippen LogP contribution in [0, 0.1) is 0 Å². The molecule has 4 rings (SSSR count). The lowest BCUT2D eigenvalue weighted by molar-refractivity contribution is -0.122. The van der Waals surface area contributed by atoms with E-state index in [9.17, 15) is 9.59 Å². The molecule has 31 heavy (non-hydrogen) atoms. The van der Waals surface area contributed by atoms with Crippen LogP contribution in [0.1, 0.15) is 54.1 Å². The molecule has 1 aliphatic heterocycles. The van der Waals surface area contributed by atoms with Crippen molar-refractivity contribution in [2.45, 2.75) is 57.7 Å². The first-order valence-corrected chi connectivity index (χ1v) is 11.2. The normalized spacial score (nSPS) is 18.7. The van der Waals surface area contributed by atoms with Crippen molar-refractivity contribution in [3.8, 4) is 5.75 Å². The molecule has 1 aliphatic carbocycles. The van der Waals surface area contributed by atoms with Crippen LogP contribution in [0.2, 0.25) is 0 Å². The molecule has 1 saturated heterocycles.